The first-order chi connectivity index (χ1) is 8.24. The SMILES string of the molecule is CCc1ccccc1.NC(=S)N1CCNCC1. The molecule has 17 heavy (non-hydrogen) atoms. The molecule has 0 amide bonds. The van der Waals surface area contributed by atoms with Gasteiger partial charge in [-0.3, -0.25) is 0 Å². The number of nitrogens with two attached hydrogens (primary N) is 1. The van der Waals surface area contributed by atoms with E-state index < -0.39 is 0 Å². The van der Waals surface area contributed by atoms with E-state index in [1.165, 1.54) is 5.56 Å². The number of nitrogens with zero attached hydrogens (tertiary/aromatic N) is 1. The van der Waals surface area contributed by atoms with E-state index in [0.29, 0.717) is 5.11 Å². The summed E-state index contributed by atoms with van der Waals surface area (Å²) < 4.78 is 0. The predicted molar refractivity (Wildman–Crippen MR) is 77.0 cm³/mol. The summed E-state index contributed by atoms with van der Waals surface area (Å²) in [5.74, 6) is 0. The predicted octanol–water partition coefficient (Wildman–Crippen LogP) is 1.38. The minimum atomic E-state index is 0.525. The summed E-state index contributed by atoms with van der Waals surface area (Å²) in [4.78, 5) is 2.01. The zero-order valence-electron chi connectivity index (χ0n) is 10.4. The van der Waals surface area contributed by atoms with Gasteiger partial charge in [-0.15, -0.1) is 0 Å². The van der Waals surface area contributed by atoms with Crippen LogP contribution in [0.25, 0.3) is 0 Å². The molecule has 0 unspecified atom stereocenters. The molecule has 0 saturated carbocycles. The molecular formula is C13H21N3S. The van der Waals surface area contributed by atoms with Gasteiger partial charge in [0.25, 0.3) is 0 Å². The normalized spacial score (nSPS) is 14.8. The molecule has 0 radical (unpaired) electrons. The Labute approximate surface area is 109 Å². The van der Waals surface area contributed by atoms with Crippen LogP contribution < -0.4 is 11.1 Å². The van der Waals surface area contributed by atoms with E-state index in [1.807, 2.05) is 11.0 Å². The summed E-state index contributed by atoms with van der Waals surface area (Å²) in [7, 11) is 0. The maximum Gasteiger partial charge on any atom is 0.166 e. The summed E-state index contributed by atoms with van der Waals surface area (Å²) >= 11 is 4.79. The molecule has 0 bridgehead atoms. The number of rotatable bonds is 1. The summed E-state index contributed by atoms with van der Waals surface area (Å²) in [5.41, 5.74) is 6.81. The standard InChI is InChI=1S/C8H10.C5H11N3S/c1-2-8-6-4-3-5-7-8;6-5(9)8-3-1-7-2-4-8/h3-7H,2H2,1H3;7H,1-4H2,(H2,6,9). The Morgan fingerprint density at radius 3 is 2.24 bits per heavy atom. The Bertz CT molecular complexity index is 321. The van der Waals surface area contributed by atoms with Crippen molar-refractivity contribution in [3.63, 3.8) is 0 Å². The molecule has 1 aromatic rings. The van der Waals surface area contributed by atoms with Gasteiger partial charge in [-0.1, -0.05) is 37.3 Å². The van der Waals surface area contributed by atoms with E-state index in [2.05, 4.69) is 36.5 Å². The lowest BCUT2D eigenvalue weighted by Gasteiger charge is -2.27. The van der Waals surface area contributed by atoms with Crippen LogP contribution in [0.4, 0.5) is 0 Å². The van der Waals surface area contributed by atoms with Crippen LogP contribution in [0.5, 0.6) is 0 Å². The zero-order valence-corrected chi connectivity index (χ0v) is 11.2. The van der Waals surface area contributed by atoms with Gasteiger partial charge in [-0.25, -0.2) is 0 Å². The quantitative estimate of drug-likeness (QED) is 0.740. The molecular weight excluding hydrogens is 230 g/mol. The molecule has 94 valence electrons. The second kappa shape index (κ2) is 8.03. The van der Waals surface area contributed by atoms with Crippen molar-refractivity contribution in [3.8, 4) is 0 Å². The maximum absolute atomic E-state index is 5.40. The lowest BCUT2D eigenvalue weighted by atomic mass is 10.2. The average Bonchev–Trinajstić information content (AvgIpc) is 2.41. The third kappa shape index (κ3) is 5.65. The Hall–Kier alpha value is -1.13. The van der Waals surface area contributed by atoms with Crippen LogP contribution in [0.3, 0.4) is 0 Å². The van der Waals surface area contributed by atoms with Gasteiger partial charge in [0.2, 0.25) is 0 Å². The highest BCUT2D eigenvalue weighted by molar-refractivity contribution is 7.80. The highest BCUT2D eigenvalue weighted by atomic mass is 32.1. The molecule has 2 rings (SSSR count). The number of aryl methyl sites for hydroxylation is 1. The van der Waals surface area contributed by atoms with Gasteiger partial charge in [-0.2, -0.15) is 0 Å². The fourth-order valence-electron chi connectivity index (χ4n) is 1.60. The number of hydrogen-bond donors (Lipinski definition) is 2. The molecule has 3 N–H and O–H groups in total. The molecule has 3 nitrogen and oxygen atoms in total. The van der Waals surface area contributed by atoms with Crippen LogP contribution in [0, 0.1) is 0 Å². The second-order valence-corrected chi connectivity index (χ2v) is 4.33. The van der Waals surface area contributed by atoms with E-state index in [1.54, 1.807) is 0 Å². The Morgan fingerprint density at radius 1 is 1.29 bits per heavy atom. The summed E-state index contributed by atoms with van der Waals surface area (Å²) in [6.07, 6.45) is 1.14. The molecule has 0 aromatic heterocycles. The van der Waals surface area contributed by atoms with Crippen LogP contribution in [0.2, 0.25) is 0 Å². The molecule has 0 spiro atoms. The topological polar surface area (TPSA) is 41.3 Å². The fraction of sp³-hybridized carbons (Fsp3) is 0.462. The number of hydrogen-bond acceptors (Lipinski definition) is 2. The third-order valence-electron chi connectivity index (χ3n) is 2.68. The van der Waals surface area contributed by atoms with Gasteiger partial charge in [0.1, 0.15) is 0 Å². The van der Waals surface area contributed by atoms with Gasteiger partial charge in [-0.05, 0) is 24.2 Å². The summed E-state index contributed by atoms with van der Waals surface area (Å²) in [6, 6.07) is 10.5. The van der Waals surface area contributed by atoms with Crippen molar-refractivity contribution in [1.29, 1.82) is 0 Å². The highest BCUT2D eigenvalue weighted by Crippen LogP contribution is 1.96. The first-order valence-electron chi connectivity index (χ1n) is 6.03. The first kappa shape index (κ1) is 13.9. The molecule has 4 heteroatoms. The van der Waals surface area contributed by atoms with Gasteiger partial charge in [0.15, 0.2) is 5.11 Å². The van der Waals surface area contributed by atoms with Crippen molar-refractivity contribution in [1.82, 2.24) is 10.2 Å². The Kier molecular flexibility index (Phi) is 6.58. The highest BCUT2D eigenvalue weighted by Gasteiger charge is 2.08. The third-order valence-corrected chi connectivity index (χ3v) is 2.94. The van der Waals surface area contributed by atoms with Crippen molar-refractivity contribution >= 4 is 17.3 Å². The maximum atomic E-state index is 5.40. The van der Waals surface area contributed by atoms with Crippen molar-refractivity contribution in [3.05, 3.63) is 35.9 Å². The van der Waals surface area contributed by atoms with E-state index in [-0.39, 0.29) is 0 Å². The van der Waals surface area contributed by atoms with Crippen molar-refractivity contribution in [2.45, 2.75) is 13.3 Å². The van der Waals surface area contributed by atoms with Gasteiger partial charge in [0, 0.05) is 26.2 Å². The number of benzene rings is 1. The summed E-state index contributed by atoms with van der Waals surface area (Å²) in [6.45, 7) is 6.06. The van der Waals surface area contributed by atoms with Crippen LogP contribution in [0.15, 0.2) is 30.3 Å². The van der Waals surface area contributed by atoms with Crippen LogP contribution >= 0.6 is 12.2 Å². The lowest BCUT2D eigenvalue weighted by molar-refractivity contribution is 0.359. The van der Waals surface area contributed by atoms with Crippen LogP contribution in [0.1, 0.15) is 12.5 Å². The Balaban J connectivity index is 0.000000171. The monoisotopic (exact) mass is 251 g/mol. The fourth-order valence-corrected chi connectivity index (χ4v) is 1.78. The van der Waals surface area contributed by atoms with E-state index in [9.17, 15) is 0 Å². The molecule has 1 saturated heterocycles. The second-order valence-electron chi connectivity index (χ2n) is 3.91. The van der Waals surface area contributed by atoms with E-state index >= 15 is 0 Å². The number of thiocarbonyl (C=S) groups is 1. The molecule has 0 aliphatic carbocycles. The van der Waals surface area contributed by atoms with Crippen LogP contribution in [-0.2, 0) is 6.42 Å². The van der Waals surface area contributed by atoms with E-state index in [0.717, 1.165) is 32.6 Å². The van der Waals surface area contributed by atoms with Crippen molar-refractivity contribution < 1.29 is 0 Å². The molecule has 1 aromatic carbocycles. The van der Waals surface area contributed by atoms with E-state index in [4.69, 9.17) is 18.0 Å². The average molecular weight is 251 g/mol. The minimum absolute atomic E-state index is 0.525. The molecule has 1 aliphatic heterocycles. The zero-order chi connectivity index (χ0) is 12.5. The largest absolute Gasteiger partial charge is 0.376 e. The molecule has 1 aliphatic rings. The minimum Gasteiger partial charge on any atom is -0.376 e. The molecule has 1 fully saturated rings. The van der Waals surface area contributed by atoms with Gasteiger partial charge >= 0.3 is 0 Å². The first-order valence-corrected chi connectivity index (χ1v) is 6.44. The molecule has 0 atom stereocenters. The smallest absolute Gasteiger partial charge is 0.166 e. The van der Waals surface area contributed by atoms with Crippen LogP contribution in [-0.4, -0.2) is 36.2 Å². The van der Waals surface area contributed by atoms with Gasteiger partial charge in [0.05, 0.1) is 0 Å². The lowest BCUT2D eigenvalue weighted by Crippen LogP contribution is -2.48. The summed E-state index contributed by atoms with van der Waals surface area (Å²) in [5, 5.41) is 3.74. The number of piperazine rings is 1. The number of nitrogens with one attached hydrogen (secondary N) is 1. The Morgan fingerprint density at radius 2 is 1.88 bits per heavy atom. The molecule has 1 heterocycles. The van der Waals surface area contributed by atoms with Gasteiger partial charge < -0.3 is 16.0 Å². The van der Waals surface area contributed by atoms with Crippen molar-refractivity contribution in [2.75, 3.05) is 26.2 Å². The van der Waals surface area contributed by atoms with Crippen molar-refractivity contribution in [2.24, 2.45) is 5.73 Å².